The van der Waals surface area contributed by atoms with E-state index in [1.807, 2.05) is 13.8 Å². The number of hydrogen-bond acceptors (Lipinski definition) is 6. The molecule has 0 radical (unpaired) electrons. The third kappa shape index (κ3) is 6.60. The molecule has 0 aromatic carbocycles. The number of rotatable bonds is 8. The molecule has 6 heteroatoms. The van der Waals surface area contributed by atoms with Gasteiger partial charge in [-0.1, -0.05) is 6.92 Å². The average Bonchev–Trinajstić information content (AvgIpc) is 2.43. The van der Waals surface area contributed by atoms with Crippen LogP contribution in [0.5, 0.6) is 0 Å². The molecule has 1 saturated heterocycles. The van der Waals surface area contributed by atoms with Crippen LogP contribution in [0.1, 0.15) is 53.4 Å². The van der Waals surface area contributed by atoms with Gasteiger partial charge in [-0.2, -0.15) is 0 Å². The van der Waals surface area contributed by atoms with Crippen LogP contribution in [0.3, 0.4) is 0 Å². The zero-order chi connectivity index (χ0) is 16.7. The number of aliphatic hydroxyl groups is 2. The molecule has 1 aliphatic heterocycles. The first-order valence-electron chi connectivity index (χ1n) is 8.16. The van der Waals surface area contributed by atoms with Gasteiger partial charge in [0.2, 0.25) is 0 Å². The Balaban J connectivity index is 2.28. The quantitative estimate of drug-likeness (QED) is 0.662. The van der Waals surface area contributed by atoms with Crippen LogP contribution >= 0.6 is 0 Å². The molecule has 0 aliphatic carbocycles. The van der Waals surface area contributed by atoms with Crippen LogP contribution in [0, 0.1) is 5.92 Å². The lowest BCUT2D eigenvalue weighted by atomic mass is 10.00. The Hall–Kier alpha value is -0.690. The van der Waals surface area contributed by atoms with E-state index in [0.29, 0.717) is 13.0 Å². The van der Waals surface area contributed by atoms with Crippen LogP contribution < -0.4 is 0 Å². The minimum atomic E-state index is -0.814. The number of ether oxygens (including phenoxy) is 3. The van der Waals surface area contributed by atoms with Gasteiger partial charge in [0.25, 0.3) is 0 Å². The van der Waals surface area contributed by atoms with E-state index in [-0.39, 0.29) is 30.5 Å². The predicted molar refractivity (Wildman–Crippen MR) is 81.2 cm³/mol. The third-order valence-electron chi connectivity index (χ3n) is 3.94. The Labute approximate surface area is 132 Å². The van der Waals surface area contributed by atoms with E-state index in [1.165, 1.54) is 0 Å². The fraction of sp³-hybridized carbons (Fsp3) is 0.938. The fourth-order valence-electron chi connectivity index (χ4n) is 2.49. The van der Waals surface area contributed by atoms with Crippen LogP contribution in [0.2, 0.25) is 0 Å². The lowest BCUT2D eigenvalue weighted by Gasteiger charge is -2.36. The van der Waals surface area contributed by atoms with Gasteiger partial charge in [0.05, 0.1) is 24.9 Å². The van der Waals surface area contributed by atoms with Gasteiger partial charge < -0.3 is 24.4 Å². The molecule has 1 heterocycles. The molecule has 1 fully saturated rings. The van der Waals surface area contributed by atoms with Crippen molar-refractivity contribution in [1.29, 1.82) is 0 Å². The van der Waals surface area contributed by atoms with Crippen LogP contribution in [0.25, 0.3) is 0 Å². The molecular weight excluding hydrogens is 288 g/mol. The summed E-state index contributed by atoms with van der Waals surface area (Å²) in [6.07, 6.45) is -0.334. The SMILES string of the molecule is CCOC(=O)CC(C)CC[C@@H](C)O[C@@H]1O[C@@H](C)[C@H](O)C[C@H]1O. The number of esters is 1. The third-order valence-corrected chi connectivity index (χ3v) is 3.94. The topological polar surface area (TPSA) is 85.2 Å². The zero-order valence-electron chi connectivity index (χ0n) is 14.0. The van der Waals surface area contributed by atoms with Gasteiger partial charge in [-0.05, 0) is 39.5 Å². The smallest absolute Gasteiger partial charge is 0.306 e. The molecule has 6 atom stereocenters. The van der Waals surface area contributed by atoms with Crippen LogP contribution in [0.4, 0.5) is 0 Å². The van der Waals surface area contributed by atoms with Crippen molar-refractivity contribution < 1.29 is 29.2 Å². The Morgan fingerprint density at radius 2 is 1.95 bits per heavy atom. The molecule has 1 rings (SSSR count). The maximum absolute atomic E-state index is 11.4. The minimum absolute atomic E-state index is 0.0910. The van der Waals surface area contributed by atoms with E-state index < -0.39 is 18.5 Å². The van der Waals surface area contributed by atoms with Crippen molar-refractivity contribution >= 4 is 5.97 Å². The molecule has 130 valence electrons. The minimum Gasteiger partial charge on any atom is -0.466 e. The van der Waals surface area contributed by atoms with Gasteiger partial charge in [-0.25, -0.2) is 0 Å². The summed E-state index contributed by atoms with van der Waals surface area (Å²) in [6.45, 7) is 7.90. The molecule has 22 heavy (non-hydrogen) atoms. The summed E-state index contributed by atoms with van der Waals surface area (Å²) in [5.74, 6) is 0.0560. The van der Waals surface area contributed by atoms with Gasteiger partial charge in [-0.15, -0.1) is 0 Å². The monoisotopic (exact) mass is 318 g/mol. The van der Waals surface area contributed by atoms with Crippen molar-refractivity contribution in [2.24, 2.45) is 5.92 Å². The van der Waals surface area contributed by atoms with Crippen molar-refractivity contribution in [1.82, 2.24) is 0 Å². The molecule has 2 N–H and O–H groups in total. The van der Waals surface area contributed by atoms with Crippen molar-refractivity contribution in [2.45, 2.75) is 84.1 Å². The first kappa shape index (κ1) is 19.4. The van der Waals surface area contributed by atoms with Crippen LogP contribution in [-0.2, 0) is 19.0 Å². The van der Waals surface area contributed by atoms with E-state index >= 15 is 0 Å². The highest BCUT2D eigenvalue weighted by atomic mass is 16.7. The van der Waals surface area contributed by atoms with Gasteiger partial charge in [0, 0.05) is 12.8 Å². The van der Waals surface area contributed by atoms with Crippen molar-refractivity contribution in [3.05, 3.63) is 0 Å². The summed E-state index contributed by atoms with van der Waals surface area (Å²) >= 11 is 0. The standard InChI is InChI=1S/C16H30O6/c1-5-20-15(19)8-10(2)6-7-11(3)21-16-14(18)9-13(17)12(4)22-16/h10-14,16-18H,5-9H2,1-4H3/t10?,11-,12+,13-,14-,16-/m1/s1. The molecular formula is C16H30O6. The second-order valence-corrected chi connectivity index (χ2v) is 6.22. The number of hydrogen-bond donors (Lipinski definition) is 2. The Bertz CT molecular complexity index is 335. The van der Waals surface area contributed by atoms with Gasteiger partial charge in [0.1, 0.15) is 6.10 Å². The molecule has 0 saturated carbocycles. The Kier molecular flexibility index (Phi) is 8.31. The van der Waals surface area contributed by atoms with E-state index in [0.717, 1.165) is 12.8 Å². The first-order chi connectivity index (χ1) is 10.3. The summed E-state index contributed by atoms with van der Waals surface area (Å²) in [6, 6.07) is 0. The molecule has 0 aromatic heterocycles. The fourth-order valence-corrected chi connectivity index (χ4v) is 2.49. The molecule has 0 amide bonds. The van der Waals surface area contributed by atoms with Crippen molar-refractivity contribution in [3.63, 3.8) is 0 Å². The average molecular weight is 318 g/mol. The normalized spacial score (nSPS) is 31.5. The van der Waals surface area contributed by atoms with E-state index in [4.69, 9.17) is 14.2 Å². The molecule has 0 bridgehead atoms. The molecule has 1 aliphatic rings. The summed E-state index contributed by atoms with van der Waals surface area (Å²) in [5, 5.41) is 19.5. The largest absolute Gasteiger partial charge is 0.466 e. The van der Waals surface area contributed by atoms with Gasteiger partial charge in [0.15, 0.2) is 6.29 Å². The second-order valence-electron chi connectivity index (χ2n) is 6.22. The first-order valence-corrected chi connectivity index (χ1v) is 8.16. The highest BCUT2D eigenvalue weighted by molar-refractivity contribution is 5.69. The summed E-state index contributed by atoms with van der Waals surface area (Å²) in [5.41, 5.74) is 0. The van der Waals surface area contributed by atoms with E-state index in [2.05, 4.69) is 0 Å². The van der Waals surface area contributed by atoms with E-state index in [9.17, 15) is 15.0 Å². The summed E-state index contributed by atoms with van der Waals surface area (Å²) in [7, 11) is 0. The van der Waals surface area contributed by atoms with Gasteiger partial charge >= 0.3 is 5.97 Å². The second kappa shape index (κ2) is 9.45. The van der Waals surface area contributed by atoms with Crippen molar-refractivity contribution in [2.75, 3.05) is 6.61 Å². The molecule has 1 unspecified atom stereocenters. The van der Waals surface area contributed by atoms with Crippen LogP contribution in [-0.4, -0.2) is 53.5 Å². The molecule has 0 spiro atoms. The van der Waals surface area contributed by atoms with Crippen molar-refractivity contribution in [3.8, 4) is 0 Å². The number of carbonyl (C=O) groups is 1. The number of carbonyl (C=O) groups excluding carboxylic acids is 1. The summed E-state index contributed by atoms with van der Waals surface area (Å²) in [4.78, 5) is 11.4. The Morgan fingerprint density at radius 1 is 1.27 bits per heavy atom. The molecule has 0 aromatic rings. The lowest BCUT2D eigenvalue weighted by molar-refractivity contribution is -0.273. The highest BCUT2D eigenvalue weighted by Crippen LogP contribution is 2.23. The van der Waals surface area contributed by atoms with E-state index in [1.54, 1.807) is 13.8 Å². The summed E-state index contributed by atoms with van der Waals surface area (Å²) < 4.78 is 16.1. The number of aliphatic hydroxyl groups excluding tert-OH is 2. The maximum Gasteiger partial charge on any atom is 0.306 e. The molecule has 6 nitrogen and oxygen atoms in total. The zero-order valence-corrected chi connectivity index (χ0v) is 14.0. The Morgan fingerprint density at radius 3 is 2.59 bits per heavy atom. The van der Waals surface area contributed by atoms with Crippen LogP contribution in [0.15, 0.2) is 0 Å². The maximum atomic E-state index is 11.4. The highest BCUT2D eigenvalue weighted by Gasteiger charge is 2.35. The predicted octanol–water partition coefficient (Wildman–Crippen LogP) is 1.62. The lowest BCUT2D eigenvalue weighted by Crippen LogP contribution is -2.48. The van der Waals surface area contributed by atoms with Gasteiger partial charge in [-0.3, -0.25) is 4.79 Å².